The summed E-state index contributed by atoms with van der Waals surface area (Å²) in [6.45, 7) is 2.93. The molecule has 1 aliphatic rings. The van der Waals surface area contributed by atoms with Gasteiger partial charge in [0.2, 0.25) is 15.9 Å². The van der Waals surface area contributed by atoms with Crippen molar-refractivity contribution < 1.29 is 22.7 Å². The normalized spacial score (nSPS) is 17.2. The monoisotopic (exact) mass is 446 g/mol. The second kappa shape index (κ2) is 10.2. The smallest absolute Gasteiger partial charge is 0.243 e. The number of amides is 1. The number of nitrogens with one attached hydrogen (secondary N) is 1. The van der Waals surface area contributed by atoms with Crippen LogP contribution in [-0.4, -0.2) is 52.5 Å². The van der Waals surface area contributed by atoms with Crippen molar-refractivity contribution in [3.63, 3.8) is 0 Å². The second-order valence-corrected chi connectivity index (χ2v) is 9.66. The minimum absolute atomic E-state index is 0.0978. The first kappa shape index (κ1) is 23.1. The van der Waals surface area contributed by atoms with Crippen LogP contribution in [0.25, 0.3) is 0 Å². The molecule has 7 nitrogen and oxygen atoms in total. The molecule has 2 aromatic carbocycles. The first-order valence-electron chi connectivity index (χ1n) is 10.4. The highest BCUT2D eigenvalue weighted by Gasteiger charge is 2.33. The van der Waals surface area contributed by atoms with E-state index in [1.165, 1.54) is 4.31 Å². The van der Waals surface area contributed by atoms with Gasteiger partial charge in [-0.15, -0.1) is 0 Å². The van der Waals surface area contributed by atoms with E-state index in [1.807, 2.05) is 31.2 Å². The number of hydrogen-bond acceptors (Lipinski definition) is 5. The Hall–Kier alpha value is -2.58. The van der Waals surface area contributed by atoms with E-state index < -0.39 is 10.0 Å². The number of hydrogen-bond donors (Lipinski definition) is 1. The molecule has 31 heavy (non-hydrogen) atoms. The Bertz CT molecular complexity index is 1010. The number of ether oxygens (including phenoxy) is 2. The lowest BCUT2D eigenvalue weighted by Crippen LogP contribution is -2.45. The van der Waals surface area contributed by atoms with Crippen molar-refractivity contribution >= 4 is 15.9 Å². The number of benzene rings is 2. The van der Waals surface area contributed by atoms with Gasteiger partial charge >= 0.3 is 0 Å². The number of aryl methyl sites for hydroxylation is 1. The third kappa shape index (κ3) is 5.57. The van der Waals surface area contributed by atoms with Gasteiger partial charge in [-0.25, -0.2) is 8.42 Å². The molecule has 8 heteroatoms. The van der Waals surface area contributed by atoms with Gasteiger partial charge < -0.3 is 14.8 Å². The topological polar surface area (TPSA) is 84.9 Å². The molecule has 0 aliphatic carbocycles. The van der Waals surface area contributed by atoms with E-state index >= 15 is 0 Å². The molecule has 1 N–H and O–H groups in total. The van der Waals surface area contributed by atoms with Crippen LogP contribution in [0.5, 0.6) is 11.5 Å². The zero-order valence-electron chi connectivity index (χ0n) is 18.3. The number of rotatable bonds is 8. The molecule has 1 amide bonds. The van der Waals surface area contributed by atoms with Gasteiger partial charge in [-0.1, -0.05) is 12.1 Å². The first-order valence-corrected chi connectivity index (χ1v) is 11.8. The van der Waals surface area contributed by atoms with Crippen LogP contribution < -0.4 is 14.8 Å². The predicted molar refractivity (Wildman–Crippen MR) is 119 cm³/mol. The summed E-state index contributed by atoms with van der Waals surface area (Å²) < 4.78 is 38.0. The van der Waals surface area contributed by atoms with Crippen LogP contribution in [0.4, 0.5) is 0 Å². The SMILES string of the molecule is COc1ccc(CCNC(=O)C2CCCN(S(=O)(=O)c3ccc(OC)c(C)c3)C2)cc1. The van der Waals surface area contributed by atoms with Crippen LogP contribution in [0.3, 0.4) is 0 Å². The molecule has 1 unspecified atom stereocenters. The molecule has 3 rings (SSSR count). The average Bonchev–Trinajstić information content (AvgIpc) is 2.79. The maximum absolute atomic E-state index is 13.1. The van der Waals surface area contributed by atoms with E-state index in [9.17, 15) is 13.2 Å². The molecule has 1 fully saturated rings. The van der Waals surface area contributed by atoms with Gasteiger partial charge in [0.1, 0.15) is 11.5 Å². The number of carbonyl (C=O) groups is 1. The molecule has 2 aromatic rings. The molecule has 0 spiro atoms. The van der Waals surface area contributed by atoms with Gasteiger partial charge in [0, 0.05) is 19.6 Å². The average molecular weight is 447 g/mol. The summed E-state index contributed by atoms with van der Waals surface area (Å²) in [6, 6.07) is 12.6. The van der Waals surface area contributed by atoms with Gasteiger partial charge in [0.05, 0.1) is 25.0 Å². The largest absolute Gasteiger partial charge is 0.497 e. The summed E-state index contributed by atoms with van der Waals surface area (Å²) in [4.78, 5) is 12.9. The molecular formula is C23H30N2O5S. The highest BCUT2D eigenvalue weighted by Crippen LogP contribution is 2.27. The van der Waals surface area contributed by atoms with Crippen molar-refractivity contribution in [3.8, 4) is 11.5 Å². The van der Waals surface area contributed by atoms with Gasteiger partial charge in [0.15, 0.2) is 0 Å². The van der Waals surface area contributed by atoms with Crippen LogP contribution in [0.1, 0.15) is 24.0 Å². The lowest BCUT2D eigenvalue weighted by atomic mass is 9.99. The van der Waals surface area contributed by atoms with Crippen molar-refractivity contribution in [1.29, 1.82) is 0 Å². The van der Waals surface area contributed by atoms with Gasteiger partial charge in [-0.05, 0) is 67.6 Å². The molecule has 1 heterocycles. The Morgan fingerprint density at radius 3 is 2.52 bits per heavy atom. The van der Waals surface area contributed by atoms with Crippen molar-refractivity contribution in [2.24, 2.45) is 5.92 Å². The van der Waals surface area contributed by atoms with Crippen LogP contribution in [0.2, 0.25) is 0 Å². The van der Waals surface area contributed by atoms with Gasteiger partial charge in [-0.3, -0.25) is 4.79 Å². The molecule has 1 atom stereocenters. The lowest BCUT2D eigenvalue weighted by Gasteiger charge is -2.31. The highest BCUT2D eigenvalue weighted by atomic mass is 32.2. The third-order valence-electron chi connectivity index (χ3n) is 5.63. The van der Waals surface area contributed by atoms with E-state index in [2.05, 4.69) is 5.32 Å². The summed E-state index contributed by atoms with van der Waals surface area (Å²) in [5, 5.41) is 2.96. The molecule has 0 saturated carbocycles. The number of methoxy groups -OCH3 is 2. The van der Waals surface area contributed by atoms with Gasteiger partial charge in [0.25, 0.3) is 0 Å². The maximum Gasteiger partial charge on any atom is 0.243 e. The summed E-state index contributed by atoms with van der Waals surface area (Å²) in [5.41, 5.74) is 1.86. The fraction of sp³-hybridized carbons (Fsp3) is 0.435. The van der Waals surface area contributed by atoms with Crippen molar-refractivity contribution in [2.75, 3.05) is 33.9 Å². The predicted octanol–water partition coefficient (Wildman–Crippen LogP) is 2.77. The summed E-state index contributed by atoms with van der Waals surface area (Å²) in [5.74, 6) is 0.994. The summed E-state index contributed by atoms with van der Waals surface area (Å²) >= 11 is 0. The van der Waals surface area contributed by atoms with Crippen LogP contribution >= 0.6 is 0 Å². The van der Waals surface area contributed by atoms with E-state index in [1.54, 1.807) is 32.4 Å². The Kier molecular flexibility index (Phi) is 7.56. The maximum atomic E-state index is 13.1. The Morgan fingerprint density at radius 1 is 1.13 bits per heavy atom. The lowest BCUT2D eigenvalue weighted by molar-refractivity contribution is -0.126. The van der Waals surface area contributed by atoms with Crippen molar-refractivity contribution in [3.05, 3.63) is 53.6 Å². The standard InChI is InChI=1S/C23H30N2O5S/c1-17-15-21(10-11-22(17)30-3)31(27,28)25-14-4-5-19(16-25)23(26)24-13-12-18-6-8-20(29-2)9-7-18/h6-11,15,19H,4-5,12-14,16H2,1-3H3,(H,24,26). The number of nitrogens with zero attached hydrogens (tertiary/aromatic N) is 1. The molecule has 0 aromatic heterocycles. The molecule has 1 saturated heterocycles. The van der Waals surface area contributed by atoms with Crippen molar-refractivity contribution in [2.45, 2.75) is 31.1 Å². The first-order chi connectivity index (χ1) is 14.8. The number of carbonyl (C=O) groups excluding carboxylic acids is 1. The van der Waals surface area contributed by atoms with E-state index in [0.717, 1.165) is 16.9 Å². The Balaban J connectivity index is 1.58. The molecular weight excluding hydrogens is 416 g/mol. The molecule has 1 aliphatic heterocycles. The second-order valence-electron chi connectivity index (χ2n) is 7.72. The van der Waals surface area contributed by atoms with Crippen molar-refractivity contribution in [1.82, 2.24) is 9.62 Å². The van der Waals surface area contributed by atoms with E-state index in [0.29, 0.717) is 38.1 Å². The fourth-order valence-electron chi connectivity index (χ4n) is 3.80. The zero-order valence-corrected chi connectivity index (χ0v) is 19.1. The highest BCUT2D eigenvalue weighted by molar-refractivity contribution is 7.89. The third-order valence-corrected chi connectivity index (χ3v) is 7.49. The quantitative estimate of drug-likeness (QED) is 0.674. The van der Waals surface area contributed by atoms with Crippen LogP contribution in [0, 0.1) is 12.8 Å². The summed E-state index contributed by atoms with van der Waals surface area (Å²) in [6.07, 6.45) is 2.04. The Labute approximate surface area is 184 Å². The minimum atomic E-state index is -3.66. The minimum Gasteiger partial charge on any atom is -0.497 e. The molecule has 168 valence electrons. The van der Waals surface area contributed by atoms with E-state index in [-0.39, 0.29) is 23.3 Å². The van der Waals surface area contributed by atoms with E-state index in [4.69, 9.17) is 9.47 Å². The summed E-state index contributed by atoms with van der Waals surface area (Å²) in [7, 11) is -0.482. The zero-order chi connectivity index (χ0) is 22.4. The molecule has 0 radical (unpaired) electrons. The number of sulfonamides is 1. The van der Waals surface area contributed by atoms with Crippen LogP contribution in [0.15, 0.2) is 47.4 Å². The fourth-order valence-corrected chi connectivity index (χ4v) is 5.41. The van der Waals surface area contributed by atoms with Gasteiger partial charge in [-0.2, -0.15) is 4.31 Å². The van der Waals surface area contributed by atoms with Crippen LogP contribution in [-0.2, 0) is 21.2 Å². The Morgan fingerprint density at radius 2 is 1.87 bits per heavy atom. The number of piperidine rings is 1. The molecule has 0 bridgehead atoms.